The number of amides is 1. The minimum absolute atomic E-state index is 0.115. The van der Waals surface area contributed by atoms with Crippen LogP contribution in [-0.2, 0) is 4.79 Å². The van der Waals surface area contributed by atoms with Crippen LogP contribution in [0, 0.1) is 5.92 Å². The van der Waals surface area contributed by atoms with Gasteiger partial charge in [0, 0.05) is 5.92 Å². The van der Waals surface area contributed by atoms with E-state index in [9.17, 15) is 4.79 Å². The molecule has 1 amide bonds. The van der Waals surface area contributed by atoms with E-state index in [1.807, 2.05) is 49.4 Å². The van der Waals surface area contributed by atoms with Gasteiger partial charge in [0.25, 0.3) is 5.91 Å². The average Bonchev–Trinajstić information content (AvgIpc) is 2.44. The van der Waals surface area contributed by atoms with Crippen molar-refractivity contribution in [2.45, 2.75) is 32.8 Å². The summed E-state index contributed by atoms with van der Waals surface area (Å²) in [5.41, 5.74) is 5.46. The maximum absolute atomic E-state index is 11.6. The number of hydrogen-bond acceptors (Lipinski definition) is 2. The van der Waals surface area contributed by atoms with E-state index in [1.54, 1.807) is 0 Å². The summed E-state index contributed by atoms with van der Waals surface area (Å²) in [7, 11) is 0. The van der Waals surface area contributed by atoms with Crippen molar-refractivity contribution in [3.8, 4) is 5.75 Å². The first-order chi connectivity index (χ1) is 9.61. The second-order valence-electron chi connectivity index (χ2n) is 5.22. The van der Waals surface area contributed by atoms with Crippen LogP contribution < -0.4 is 10.5 Å². The lowest BCUT2D eigenvalue weighted by atomic mass is 9.98. The first-order valence-electron chi connectivity index (χ1n) is 7.06. The standard InChI is InChI=1S/C17H21NO2/c1-3-6-12(2)16(17(18)19)20-15-10-9-13-7-4-5-8-14(13)11-15/h4-5,7-12,16H,3,6H2,1-2H3,(H2,18,19). The summed E-state index contributed by atoms with van der Waals surface area (Å²) in [6.07, 6.45) is 1.35. The van der Waals surface area contributed by atoms with Crippen molar-refractivity contribution >= 4 is 16.7 Å². The third-order valence-electron chi connectivity index (χ3n) is 3.53. The Morgan fingerprint density at radius 3 is 2.55 bits per heavy atom. The molecule has 2 aromatic carbocycles. The molecule has 106 valence electrons. The summed E-state index contributed by atoms with van der Waals surface area (Å²) in [6, 6.07) is 13.9. The molecule has 0 aromatic heterocycles. The molecule has 2 aromatic rings. The summed E-state index contributed by atoms with van der Waals surface area (Å²) in [4.78, 5) is 11.6. The number of fused-ring (bicyclic) bond motifs is 1. The lowest BCUT2D eigenvalue weighted by Gasteiger charge is -2.22. The quantitative estimate of drug-likeness (QED) is 0.874. The second-order valence-corrected chi connectivity index (χ2v) is 5.22. The molecule has 0 aliphatic rings. The van der Waals surface area contributed by atoms with E-state index in [-0.39, 0.29) is 5.92 Å². The molecule has 0 aliphatic heterocycles. The Hall–Kier alpha value is -2.03. The zero-order chi connectivity index (χ0) is 14.5. The number of benzene rings is 2. The van der Waals surface area contributed by atoms with Crippen LogP contribution in [0.25, 0.3) is 10.8 Å². The molecule has 3 heteroatoms. The van der Waals surface area contributed by atoms with Crippen LogP contribution in [0.4, 0.5) is 0 Å². The third kappa shape index (κ3) is 3.29. The number of carbonyl (C=O) groups is 1. The molecule has 2 rings (SSSR count). The summed E-state index contributed by atoms with van der Waals surface area (Å²) in [6.45, 7) is 4.09. The van der Waals surface area contributed by atoms with Gasteiger partial charge in [-0.3, -0.25) is 4.79 Å². The van der Waals surface area contributed by atoms with Crippen LogP contribution in [0.1, 0.15) is 26.7 Å². The molecule has 20 heavy (non-hydrogen) atoms. The van der Waals surface area contributed by atoms with Crippen molar-refractivity contribution in [3.05, 3.63) is 42.5 Å². The van der Waals surface area contributed by atoms with Crippen LogP contribution in [0.15, 0.2) is 42.5 Å². The first kappa shape index (κ1) is 14.4. The van der Waals surface area contributed by atoms with Crippen molar-refractivity contribution in [3.63, 3.8) is 0 Å². The monoisotopic (exact) mass is 271 g/mol. The van der Waals surface area contributed by atoms with Crippen LogP contribution in [0.3, 0.4) is 0 Å². The highest BCUT2D eigenvalue weighted by atomic mass is 16.5. The van der Waals surface area contributed by atoms with Crippen molar-refractivity contribution in [2.24, 2.45) is 11.7 Å². The highest BCUT2D eigenvalue weighted by Gasteiger charge is 2.24. The molecule has 0 bridgehead atoms. The highest BCUT2D eigenvalue weighted by molar-refractivity contribution is 5.84. The molecule has 0 aliphatic carbocycles. The van der Waals surface area contributed by atoms with E-state index in [0.717, 1.165) is 23.6 Å². The van der Waals surface area contributed by atoms with E-state index in [0.29, 0.717) is 5.75 Å². The highest BCUT2D eigenvalue weighted by Crippen LogP contribution is 2.23. The van der Waals surface area contributed by atoms with Crippen molar-refractivity contribution in [1.29, 1.82) is 0 Å². The molecule has 2 atom stereocenters. The topological polar surface area (TPSA) is 52.3 Å². The normalized spacial score (nSPS) is 13.9. The number of rotatable bonds is 6. The number of carbonyl (C=O) groups excluding carboxylic acids is 1. The van der Waals surface area contributed by atoms with Crippen LogP contribution in [-0.4, -0.2) is 12.0 Å². The predicted molar refractivity (Wildman–Crippen MR) is 81.6 cm³/mol. The van der Waals surface area contributed by atoms with Crippen molar-refractivity contribution in [2.75, 3.05) is 0 Å². The number of nitrogens with two attached hydrogens (primary N) is 1. The van der Waals surface area contributed by atoms with Gasteiger partial charge in [0.2, 0.25) is 0 Å². The van der Waals surface area contributed by atoms with Gasteiger partial charge in [-0.15, -0.1) is 0 Å². The Morgan fingerprint density at radius 2 is 1.90 bits per heavy atom. The minimum Gasteiger partial charge on any atom is -0.480 e. The van der Waals surface area contributed by atoms with Gasteiger partial charge >= 0.3 is 0 Å². The van der Waals surface area contributed by atoms with Crippen LogP contribution in [0.5, 0.6) is 5.75 Å². The summed E-state index contributed by atoms with van der Waals surface area (Å²) < 4.78 is 5.82. The number of primary amides is 1. The fraction of sp³-hybridized carbons (Fsp3) is 0.353. The fourth-order valence-corrected chi connectivity index (χ4v) is 2.45. The van der Waals surface area contributed by atoms with E-state index in [1.165, 1.54) is 0 Å². The Morgan fingerprint density at radius 1 is 1.20 bits per heavy atom. The van der Waals surface area contributed by atoms with Gasteiger partial charge in [-0.2, -0.15) is 0 Å². The lowest BCUT2D eigenvalue weighted by Crippen LogP contribution is -2.39. The van der Waals surface area contributed by atoms with Gasteiger partial charge in [-0.25, -0.2) is 0 Å². The summed E-state index contributed by atoms with van der Waals surface area (Å²) >= 11 is 0. The predicted octanol–water partition coefficient (Wildman–Crippen LogP) is 3.51. The molecule has 0 fully saturated rings. The molecule has 0 radical (unpaired) electrons. The Kier molecular flexibility index (Phi) is 4.61. The Balaban J connectivity index is 2.22. The smallest absolute Gasteiger partial charge is 0.258 e. The Labute approximate surface area is 119 Å². The van der Waals surface area contributed by atoms with E-state index in [2.05, 4.69) is 6.92 Å². The lowest BCUT2D eigenvalue weighted by molar-refractivity contribution is -0.126. The maximum atomic E-state index is 11.6. The molecule has 2 N–H and O–H groups in total. The molecule has 0 heterocycles. The first-order valence-corrected chi connectivity index (χ1v) is 7.06. The minimum atomic E-state index is -0.573. The van der Waals surface area contributed by atoms with Gasteiger partial charge in [-0.1, -0.05) is 50.6 Å². The van der Waals surface area contributed by atoms with E-state index < -0.39 is 12.0 Å². The largest absolute Gasteiger partial charge is 0.480 e. The fourth-order valence-electron chi connectivity index (χ4n) is 2.45. The molecular formula is C17H21NO2. The molecule has 0 saturated heterocycles. The molecule has 3 nitrogen and oxygen atoms in total. The molecule has 0 spiro atoms. The zero-order valence-corrected chi connectivity index (χ0v) is 12.0. The van der Waals surface area contributed by atoms with Gasteiger partial charge in [0.15, 0.2) is 6.10 Å². The molecular weight excluding hydrogens is 250 g/mol. The summed E-state index contributed by atoms with van der Waals surface area (Å²) in [5, 5.41) is 2.24. The SMILES string of the molecule is CCCC(C)C(Oc1ccc2ccccc2c1)C(N)=O. The van der Waals surface area contributed by atoms with E-state index >= 15 is 0 Å². The summed E-state index contributed by atoms with van der Waals surface area (Å²) in [5.74, 6) is 0.401. The maximum Gasteiger partial charge on any atom is 0.258 e. The van der Waals surface area contributed by atoms with Gasteiger partial charge in [0.05, 0.1) is 0 Å². The molecule has 0 saturated carbocycles. The zero-order valence-electron chi connectivity index (χ0n) is 12.0. The molecule has 2 unspecified atom stereocenters. The van der Waals surface area contributed by atoms with Gasteiger partial charge in [0.1, 0.15) is 5.75 Å². The van der Waals surface area contributed by atoms with Crippen molar-refractivity contribution < 1.29 is 9.53 Å². The third-order valence-corrected chi connectivity index (χ3v) is 3.53. The Bertz CT molecular complexity index is 594. The van der Waals surface area contributed by atoms with E-state index in [4.69, 9.17) is 10.5 Å². The van der Waals surface area contributed by atoms with Gasteiger partial charge < -0.3 is 10.5 Å². The van der Waals surface area contributed by atoms with Gasteiger partial charge in [-0.05, 0) is 29.3 Å². The second kappa shape index (κ2) is 6.42. The van der Waals surface area contributed by atoms with Crippen molar-refractivity contribution in [1.82, 2.24) is 0 Å². The number of hydrogen-bond donors (Lipinski definition) is 1. The van der Waals surface area contributed by atoms with Crippen LogP contribution >= 0.6 is 0 Å². The van der Waals surface area contributed by atoms with Crippen LogP contribution in [0.2, 0.25) is 0 Å². The number of ether oxygens (including phenoxy) is 1. The average molecular weight is 271 g/mol.